The topological polar surface area (TPSA) is 63.7 Å². The van der Waals surface area contributed by atoms with Crippen molar-refractivity contribution in [3.05, 3.63) is 0 Å². The molecule has 1 saturated heterocycles. The van der Waals surface area contributed by atoms with E-state index < -0.39 is 17.8 Å². The van der Waals surface area contributed by atoms with E-state index in [4.69, 9.17) is 11.3 Å². The Morgan fingerprint density at radius 1 is 0.724 bits per heavy atom. The van der Waals surface area contributed by atoms with Crippen LogP contribution in [0, 0.1) is 12.3 Å². The fraction of sp³-hybridized carbons (Fsp3) is 0.792. The molecule has 1 fully saturated rings. The number of carbonyl (C=O) groups excluding carboxylic acids is 3. The van der Waals surface area contributed by atoms with Crippen LogP contribution < -0.4 is 0 Å². The fourth-order valence-electron chi connectivity index (χ4n) is 3.60. The van der Waals surface area contributed by atoms with Crippen molar-refractivity contribution in [3.63, 3.8) is 0 Å². The van der Waals surface area contributed by atoms with E-state index in [0.717, 1.165) is 25.7 Å². The Labute approximate surface area is 176 Å². The molecule has 0 atom stereocenters. The van der Waals surface area contributed by atoms with E-state index in [1.165, 1.54) is 77.0 Å². The second kappa shape index (κ2) is 17.1. The quantitative estimate of drug-likeness (QED) is 0.163. The molecule has 0 spiro atoms. The zero-order valence-corrected chi connectivity index (χ0v) is 18.1. The van der Waals surface area contributed by atoms with Crippen LogP contribution >= 0.6 is 0 Å². The van der Waals surface area contributed by atoms with Crippen molar-refractivity contribution in [2.24, 2.45) is 0 Å². The molecule has 0 unspecified atom stereocenters. The maximum Gasteiger partial charge on any atom is 0.333 e. The van der Waals surface area contributed by atoms with Gasteiger partial charge in [0.1, 0.15) is 0 Å². The van der Waals surface area contributed by atoms with Crippen LogP contribution in [0.4, 0.5) is 0 Å². The lowest BCUT2D eigenvalue weighted by atomic mass is 10.0. The number of hydroxylamine groups is 2. The molecule has 0 aromatic carbocycles. The van der Waals surface area contributed by atoms with Crippen LogP contribution in [0.5, 0.6) is 0 Å². The summed E-state index contributed by atoms with van der Waals surface area (Å²) in [6.45, 7) is 0. The summed E-state index contributed by atoms with van der Waals surface area (Å²) in [6, 6.07) is 0. The van der Waals surface area contributed by atoms with E-state index in [1.54, 1.807) is 0 Å². The van der Waals surface area contributed by atoms with Gasteiger partial charge in [-0.05, 0) is 12.8 Å². The van der Waals surface area contributed by atoms with Crippen LogP contribution in [0.2, 0.25) is 0 Å². The van der Waals surface area contributed by atoms with Gasteiger partial charge in [0.2, 0.25) is 0 Å². The van der Waals surface area contributed by atoms with Crippen molar-refractivity contribution in [1.82, 2.24) is 5.06 Å². The van der Waals surface area contributed by atoms with E-state index >= 15 is 0 Å². The molecule has 1 heterocycles. The maximum atomic E-state index is 11.7. The average Bonchev–Trinajstić information content (AvgIpc) is 3.02. The van der Waals surface area contributed by atoms with Crippen LogP contribution in [-0.2, 0) is 19.2 Å². The summed E-state index contributed by atoms with van der Waals surface area (Å²) in [4.78, 5) is 39.3. The summed E-state index contributed by atoms with van der Waals surface area (Å²) in [6.07, 6.45) is 25.2. The minimum atomic E-state index is -0.485. The van der Waals surface area contributed by atoms with Crippen molar-refractivity contribution >= 4 is 17.8 Å². The third kappa shape index (κ3) is 13.1. The van der Waals surface area contributed by atoms with Gasteiger partial charge in [0.05, 0.1) is 0 Å². The summed E-state index contributed by atoms with van der Waals surface area (Å²) in [5.41, 5.74) is 0. The minimum Gasteiger partial charge on any atom is -0.330 e. The van der Waals surface area contributed by atoms with Crippen LogP contribution in [-0.4, -0.2) is 22.8 Å². The molecule has 0 radical (unpaired) electrons. The Morgan fingerprint density at radius 3 is 1.52 bits per heavy atom. The van der Waals surface area contributed by atoms with Gasteiger partial charge in [-0.3, -0.25) is 9.59 Å². The molecule has 2 amide bonds. The van der Waals surface area contributed by atoms with E-state index in [1.807, 2.05) is 0 Å². The van der Waals surface area contributed by atoms with E-state index in [2.05, 4.69) is 5.92 Å². The van der Waals surface area contributed by atoms with E-state index in [0.29, 0.717) is 5.06 Å². The molecule has 1 aliphatic heterocycles. The molecule has 1 rings (SSSR count). The molecule has 29 heavy (non-hydrogen) atoms. The van der Waals surface area contributed by atoms with Gasteiger partial charge in [-0.15, -0.1) is 17.4 Å². The Balaban J connectivity index is 1.78. The first kappa shape index (κ1) is 25.2. The smallest absolute Gasteiger partial charge is 0.330 e. The molecule has 0 aromatic rings. The second-order valence-electron chi connectivity index (χ2n) is 8.05. The lowest BCUT2D eigenvalue weighted by molar-refractivity contribution is -0.197. The number of rotatable bonds is 18. The minimum absolute atomic E-state index is 0.139. The van der Waals surface area contributed by atoms with E-state index in [9.17, 15) is 14.4 Å². The third-order valence-electron chi connectivity index (χ3n) is 5.40. The molecule has 0 bridgehead atoms. The number of carbonyl (C=O) groups is 3. The monoisotopic (exact) mass is 405 g/mol. The van der Waals surface area contributed by atoms with Crippen molar-refractivity contribution in [2.75, 3.05) is 0 Å². The highest BCUT2D eigenvalue weighted by atomic mass is 16.7. The number of hydrogen-bond acceptors (Lipinski definition) is 4. The predicted octanol–water partition coefficient (Wildman–Crippen LogP) is 5.86. The Morgan fingerprint density at radius 2 is 1.10 bits per heavy atom. The van der Waals surface area contributed by atoms with Crippen LogP contribution in [0.1, 0.15) is 122 Å². The van der Waals surface area contributed by atoms with Crippen LogP contribution in [0.15, 0.2) is 0 Å². The largest absolute Gasteiger partial charge is 0.333 e. The first-order valence-electron chi connectivity index (χ1n) is 11.6. The number of nitrogens with zero attached hydrogens (tertiary/aromatic N) is 1. The predicted molar refractivity (Wildman–Crippen MR) is 115 cm³/mol. The average molecular weight is 406 g/mol. The van der Waals surface area contributed by atoms with Gasteiger partial charge >= 0.3 is 5.97 Å². The number of imide groups is 1. The molecule has 5 nitrogen and oxygen atoms in total. The van der Waals surface area contributed by atoms with Gasteiger partial charge in [-0.1, -0.05) is 83.5 Å². The number of terminal acetylenes is 1. The second-order valence-corrected chi connectivity index (χ2v) is 8.05. The lowest BCUT2D eigenvalue weighted by Gasteiger charge is -2.12. The Hall–Kier alpha value is -1.83. The van der Waals surface area contributed by atoms with Crippen LogP contribution in [0.25, 0.3) is 0 Å². The van der Waals surface area contributed by atoms with Crippen molar-refractivity contribution in [3.8, 4) is 12.3 Å². The van der Waals surface area contributed by atoms with Gasteiger partial charge in [-0.25, -0.2) is 4.79 Å². The zero-order chi connectivity index (χ0) is 21.2. The summed E-state index contributed by atoms with van der Waals surface area (Å²) in [7, 11) is 0. The first-order chi connectivity index (χ1) is 14.1. The van der Waals surface area contributed by atoms with Gasteiger partial charge in [0.25, 0.3) is 11.8 Å². The summed E-state index contributed by atoms with van der Waals surface area (Å²) in [5, 5.41) is 0.628. The maximum absolute atomic E-state index is 11.7. The molecule has 0 N–H and O–H groups in total. The molecule has 5 heteroatoms. The summed E-state index contributed by atoms with van der Waals surface area (Å²) < 4.78 is 0. The van der Waals surface area contributed by atoms with Gasteiger partial charge < -0.3 is 4.84 Å². The SMILES string of the molecule is C#CCCCCCCCCCCCCCCCCCC(=O)ON1C(=O)CCC1=O. The number of hydrogen-bond donors (Lipinski definition) is 0. The summed E-state index contributed by atoms with van der Waals surface area (Å²) >= 11 is 0. The number of unbranched alkanes of at least 4 members (excludes halogenated alkanes) is 15. The van der Waals surface area contributed by atoms with Crippen molar-refractivity contribution in [1.29, 1.82) is 0 Å². The van der Waals surface area contributed by atoms with E-state index in [-0.39, 0.29) is 19.3 Å². The molecular weight excluding hydrogens is 366 g/mol. The first-order valence-corrected chi connectivity index (χ1v) is 11.6. The normalized spacial score (nSPS) is 13.7. The van der Waals surface area contributed by atoms with Gasteiger partial charge in [0.15, 0.2) is 0 Å². The molecular formula is C24H39NO4. The Kier molecular flexibility index (Phi) is 14.8. The zero-order valence-electron chi connectivity index (χ0n) is 18.1. The highest BCUT2D eigenvalue weighted by molar-refractivity contribution is 6.01. The lowest BCUT2D eigenvalue weighted by Crippen LogP contribution is -2.31. The fourth-order valence-corrected chi connectivity index (χ4v) is 3.60. The highest BCUT2D eigenvalue weighted by Crippen LogP contribution is 2.15. The van der Waals surface area contributed by atoms with Gasteiger partial charge in [0, 0.05) is 25.7 Å². The number of amides is 2. The summed E-state index contributed by atoms with van der Waals surface area (Å²) in [5.74, 6) is 1.38. The molecule has 1 aliphatic rings. The van der Waals surface area contributed by atoms with Crippen molar-refractivity contribution < 1.29 is 19.2 Å². The molecule has 164 valence electrons. The van der Waals surface area contributed by atoms with Gasteiger partial charge in [-0.2, -0.15) is 0 Å². The molecule has 0 aromatic heterocycles. The van der Waals surface area contributed by atoms with Crippen molar-refractivity contribution in [2.45, 2.75) is 122 Å². The molecule has 0 aliphatic carbocycles. The molecule has 0 saturated carbocycles. The Bertz CT molecular complexity index is 507. The third-order valence-corrected chi connectivity index (χ3v) is 5.40. The highest BCUT2D eigenvalue weighted by Gasteiger charge is 2.32. The van der Waals surface area contributed by atoms with Crippen LogP contribution in [0.3, 0.4) is 0 Å². The standard InChI is InChI=1S/C24H39NO4/c1-2-3-4-5-6-7-8-9-10-11-12-13-14-15-16-17-18-19-24(28)29-25-22(26)20-21-23(25)27/h1H,3-21H2.